The van der Waals surface area contributed by atoms with Crippen molar-refractivity contribution in [2.45, 2.75) is 26.1 Å². The number of hydrogen-bond donors (Lipinski definition) is 0. The molecule has 0 saturated carbocycles. The normalized spacial score (nSPS) is 11.8. The zero-order valence-electron chi connectivity index (χ0n) is 15.4. The van der Waals surface area contributed by atoms with Crippen LogP contribution in [0.5, 0.6) is 5.75 Å². The van der Waals surface area contributed by atoms with Crippen LogP contribution in [0.3, 0.4) is 0 Å². The monoisotopic (exact) mass is 377 g/mol. The van der Waals surface area contributed by atoms with Crippen LogP contribution in [0.2, 0.25) is 0 Å². The molecule has 0 aliphatic heterocycles. The number of methoxy groups -OCH3 is 1. The largest absolute Gasteiger partial charge is 0.496 e. The molecule has 1 amide bonds. The smallest absolute Gasteiger partial charge is 0.235 e. The average Bonchev–Trinajstić information content (AvgIpc) is 2.99. The van der Waals surface area contributed by atoms with Crippen LogP contribution in [0.15, 0.2) is 34.7 Å². The van der Waals surface area contributed by atoms with Crippen LogP contribution in [-0.2, 0) is 27.9 Å². The molecule has 6 nitrogen and oxygen atoms in total. The number of ether oxygens (including phenoxy) is 1. The Hall–Kier alpha value is -2.41. The van der Waals surface area contributed by atoms with Crippen LogP contribution in [0, 0.1) is 6.92 Å². The molecule has 1 aromatic heterocycles. The van der Waals surface area contributed by atoms with Gasteiger partial charge < -0.3 is 14.1 Å². The SMILES string of the molecule is COc1ccc(C(C)=O)cc1C[S@@](=O)CC(=O)N(C)Cc1ccc(C)o1. The van der Waals surface area contributed by atoms with Crippen molar-refractivity contribution < 1.29 is 23.0 Å². The number of Topliss-reactive ketones (excluding diaryl/α,β-unsaturated/α-hetero) is 1. The van der Waals surface area contributed by atoms with Crippen molar-refractivity contribution in [3.63, 3.8) is 0 Å². The van der Waals surface area contributed by atoms with Crippen molar-refractivity contribution in [3.8, 4) is 5.75 Å². The van der Waals surface area contributed by atoms with Crippen molar-refractivity contribution in [1.29, 1.82) is 0 Å². The molecule has 1 heterocycles. The summed E-state index contributed by atoms with van der Waals surface area (Å²) in [6.07, 6.45) is 0. The molecule has 26 heavy (non-hydrogen) atoms. The first-order valence-corrected chi connectivity index (χ1v) is 9.61. The van der Waals surface area contributed by atoms with Gasteiger partial charge in [-0.1, -0.05) is 0 Å². The zero-order chi connectivity index (χ0) is 19.3. The van der Waals surface area contributed by atoms with Gasteiger partial charge in [0.05, 0.1) is 19.4 Å². The van der Waals surface area contributed by atoms with E-state index in [0.717, 1.165) is 5.76 Å². The number of aryl methyl sites for hydroxylation is 1. The van der Waals surface area contributed by atoms with Gasteiger partial charge in [-0.2, -0.15) is 0 Å². The van der Waals surface area contributed by atoms with E-state index in [-0.39, 0.29) is 23.2 Å². The molecule has 0 bridgehead atoms. The van der Waals surface area contributed by atoms with Crippen LogP contribution in [0.25, 0.3) is 0 Å². The maximum Gasteiger partial charge on any atom is 0.235 e. The summed E-state index contributed by atoms with van der Waals surface area (Å²) in [7, 11) is 1.74. The Labute approximate surface area is 155 Å². The molecule has 2 rings (SSSR count). The average molecular weight is 377 g/mol. The molecule has 2 aromatic rings. The van der Waals surface area contributed by atoms with Crippen LogP contribution in [-0.4, -0.2) is 40.7 Å². The molecule has 1 atom stereocenters. The minimum atomic E-state index is -1.42. The van der Waals surface area contributed by atoms with E-state index in [4.69, 9.17) is 9.15 Å². The second-order valence-electron chi connectivity index (χ2n) is 6.07. The maximum absolute atomic E-state index is 12.4. The highest BCUT2D eigenvalue weighted by Crippen LogP contribution is 2.22. The summed E-state index contributed by atoms with van der Waals surface area (Å²) in [5, 5.41) is 0. The highest BCUT2D eigenvalue weighted by molar-refractivity contribution is 7.84. The Bertz CT molecular complexity index is 827. The first-order valence-electron chi connectivity index (χ1n) is 8.12. The molecule has 0 unspecified atom stereocenters. The summed E-state index contributed by atoms with van der Waals surface area (Å²) in [5.74, 6) is 1.73. The number of carbonyl (C=O) groups excluding carboxylic acids is 2. The molecular weight excluding hydrogens is 354 g/mol. The minimum Gasteiger partial charge on any atom is -0.496 e. The van der Waals surface area contributed by atoms with Crippen molar-refractivity contribution in [1.82, 2.24) is 4.90 Å². The molecule has 0 N–H and O–H groups in total. The molecule has 140 valence electrons. The van der Waals surface area contributed by atoms with E-state index in [9.17, 15) is 13.8 Å². The fraction of sp³-hybridized carbons (Fsp3) is 0.368. The van der Waals surface area contributed by atoms with Crippen molar-refractivity contribution in [3.05, 3.63) is 53.0 Å². The summed E-state index contributed by atoms with van der Waals surface area (Å²) < 4.78 is 23.1. The fourth-order valence-corrected chi connectivity index (χ4v) is 3.65. The van der Waals surface area contributed by atoms with Gasteiger partial charge in [0.25, 0.3) is 0 Å². The lowest BCUT2D eigenvalue weighted by Crippen LogP contribution is -2.30. The highest BCUT2D eigenvalue weighted by Gasteiger charge is 2.17. The van der Waals surface area contributed by atoms with E-state index in [1.165, 1.54) is 18.9 Å². The molecule has 0 fully saturated rings. The van der Waals surface area contributed by atoms with Crippen molar-refractivity contribution >= 4 is 22.5 Å². The van der Waals surface area contributed by atoms with E-state index < -0.39 is 10.8 Å². The van der Waals surface area contributed by atoms with Crippen LogP contribution in [0.4, 0.5) is 0 Å². The maximum atomic E-state index is 12.4. The topological polar surface area (TPSA) is 76.8 Å². The van der Waals surface area contributed by atoms with Gasteiger partial charge in [-0.3, -0.25) is 13.8 Å². The summed E-state index contributed by atoms with van der Waals surface area (Å²) in [6.45, 7) is 3.63. The second-order valence-corrected chi connectivity index (χ2v) is 7.53. The predicted octanol–water partition coefficient (Wildman–Crippen LogP) is 2.71. The van der Waals surface area contributed by atoms with E-state index in [1.807, 2.05) is 19.1 Å². The Morgan fingerprint density at radius 3 is 2.54 bits per heavy atom. The third-order valence-electron chi connectivity index (χ3n) is 3.90. The number of hydrogen-bond acceptors (Lipinski definition) is 5. The van der Waals surface area contributed by atoms with Gasteiger partial charge >= 0.3 is 0 Å². The Balaban J connectivity index is 2.00. The van der Waals surface area contributed by atoms with Gasteiger partial charge in [0, 0.05) is 29.0 Å². The van der Waals surface area contributed by atoms with Crippen LogP contribution >= 0.6 is 0 Å². The Morgan fingerprint density at radius 2 is 1.96 bits per heavy atom. The quantitative estimate of drug-likeness (QED) is 0.661. The zero-order valence-corrected chi connectivity index (χ0v) is 16.2. The number of ketones is 1. The molecule has 7 heteroatoms. The number of rotatable bonds is 8. The van der Waals surface area contributed by atoms with Crippen molar-refractivity contribution in [2.24, 2.45) is 0 Å². The molecule has 0 aliphatic carbocycles. The lowest BCUT2D eigenvalue weighted by molar-refractivity contribution is -0.127. The number of furan rings is 1. The Kier molecular flexibility index (Phi) is 6.74. The summed E-state index contributed by atoms with van der Waals surface area (Å²) in [6, 6.07) is 8.65. The van der Waals surface area contributed by atoms with Crippen LogP contribution < -0.4 is 4.74 Å². The summed E-state index contributed by atoms with van der Waals surface area (Å²) in [5.41, 5.74) is 1.17. The van der Waals surface area contributed by atoms with Gasteiger partial charge in [0.15, 0.2) is 5.78 Å². The fourth-order valence-electron chi connectivity index (χ4n) is 2.47. The third kappa shape index (κ3) is 5.29. The summed E-state index contributed by atoms with van der Waals surface area (Å²) in [4.78, 5) is 25.3. The van der Waals surface area contributed by atoms with E-state index in [1.54, 1.807) is 25.2 Å². The molecule has 0 saturated heterocycles. The van der Waals surface area contributed by atoms with Gasteiger partial charge in [-0.25, -0.2) is 0 Å². The standard InChI is InChI=1S/C19H23NO5S/c1-13-5-7-17(25-13)10-20(3)19(22)12-26(23)11-16-9-15(14(2)21)6-8-18(16)24-4/h5-9H,10-12H2,1-4H3/t26-/m1/s1. The molecule has 0 aliphatic rings. The summed E-state index contributed by atoms with van der Waals surface area (Å²) >= 11 is 0. The molecule has 0 radical (unpaired) electrons. The number of nitrogens with zero attached hydrogens (tertiary/aromatic N) is 1. The van der Waals surface area contributed by atoms with Gasteiger partial charge in [0.2, 0.25) is 5.91 Å². The molecule has 0 spiro atoms. The Morgan fingerprint density at radius 1 is 1.23 bits per heavy atom. The van der Waals surface area contributed by atoms with Gasteiger partial charge in [-0.05, 0) is 44.2 Å². The minimum absolute atomic E-state index is 0.0794. The first-order chi connectivity index (χ1) is 12.3. The first kappa shape index (κ1) is 19.9. The number of carbonyl (C=O) groups is 2. The second kappa shape index (κ2) is 8.80. The number of amides is 1. The van der Waals surface area contributed by atoms with Gasteiger partial charge in [0.1, 0.15) is 23.0 Å². The van der Waals surface area contributed by atoms with Crippen LogP contribution in [0.1, 0.15) is 34.4 Å². The third-order valence-corrected chi connectivity index (χ3v) is 5.10. The van der Waals surface area contributed by atoms with E-state index in [2.05, 4.69) is 0 Å². The van der Waals surface area contributed by atoms with Crippen molar-refractivity contribution in [2.75, 3.05) is 19.9 Å². The molecular formula is C19H23NO5S. The number of benzene rings is 1. The molecule has 1 aromatic carbocycles. The predicted molar refractivity (Wildman–Crippen MR) is 99.6 cm³/mol. The van der Waals surface area contributed by atoms with E-state index in [0.29, 0.717) is 29.2 Å². The lowest BCUT2D eigenvalue weighted by Gasteiger charge is -2.16. The lowest BCUT2D eigenvalue weighted by atomic mass is 10.1. The highest BCUT2D eigenvalue weighted by atomic mass is 32.2. The van der Waals surface area contributed by atoms with E-state index >= 15 is 0 Å². The van der Waals surface area contributed by atoms with Gasteiger partial charge in [-0.15, -0.1) is 0 Å².